The number of nitrogens with zero attached hydrogens (tertiary/aromatic N) is 3. The van der Waals surface area contributed by atoms with Crippen LogP contribution < -0.4 is 19.8 Å². The maximum absolute atomic E-state index is 12.8. The Morgan fingerprint density at radius 3 is 2.82 bits per heavy atom. The molecule has 3 aromatic rings. The van der Waals surface area contributed by atoms with Gasteiger partial charge in [-0.25, -0.2) is 0 Å². The fourth-order valence-electron chi connectivity index (χ4n) is 2.70. The van der Waals surface area contributed by atoms with Crippen molar-refractivity contribution < 1.29 is 14.2 Å². The van der Waals surface area contributed by atoms with Crippen LogP contribution in [0.1, 0.15) is 16.8 Å². The molecule has 1 aliphatic heterocycles. The SMILES string of the molecule is COc1ccc(/C=N/n2c(=S)[nH]nc(Cc3ccc4c(c3)OCO4)c2=O)cc1. The van der Waals surface area contributed by atoms with Crippen molar-refractivity contribution in [3.63, 3.8) is 0 Å². The third-order valence-corrected chi connectivity index (χ3v) is 4.43. The molecule has 1 aliphatic rings. The second-order valence-corrected chi connectivity index (χ2v) is 6.36. The second kappa shape index (κ2) is 7.65. The lowest BCUT2D eigenvalue weighted by Gasteiger charge is -2.05. The van der Waals surface area contributed by atoms with E-state index in [0.717, 1.165) is 21.6 Å². The third-order valence-electron chi connectivity index (χ3n) is 4.16. The molecule has 2 aromatic carbocycles. The average Bonchev–Trinajstić information content (AvgIpc) is 3.18. The summed E-state index contributed by atoms with van der Waals surface area (Å²) in [6.45, 7) is 0.197. The van der Waals surface area contributed by atoms with Crippen molar-refractivity contribution in [3.8, 4) is 17.2 Å². The predicted octanol–water partition coefficient (Wildman–Crippen LogP) is 2.51. The molecule has 4 rings (SSSR count). The standard InChI is InChI=1S/C19H16N4O4S/c1-25-14-5-2-12(3-6-14)10-20-23-18(24)15(21-22-19(23)28)8-13-4-7-16-17(9-13)27-11-26-16/h2-7,9-10H,8,11H2,1H3,(H,22,28)/b20-10+. The molecule has 142 valence electrons. The van der Waals surface area contributed by atoms with E-state index in [2.05, 4.69) is 15.3 Å². The van der Waals surface area contributed by atoms with Gasteiger partial charge in [0.1, 0.15) is 11.4 Å². The van der Waals surface area contributed by atoms with Gasteiger partial charge in [0.25, 0.3) is 5.56 Å². The molecule has 0 unspecified atom stereocenters. The average molecular weight is 396 g/mol. The zero-order chi connectivity index (χ0) is 19.5. The molecule has 0 radical (unpaired) electrons. The van der Waals surface area contributed by atoms with E-state index in [1.807, 2.05) is 42.5 Å². The molecule has 0 bridgehead atoms. The van der Waals surface area contributed by atoms with Crippen molar-refractivity contribution in [2.45, 2.75) is 6.42 Å². The van der Waals surface area contributed by atoms with Gasteiger partial charge in [0, 0.05) is 6.42 Å². The van der Waals surface area contributed by atoms with E-state index in [1.54, 1.807) is 13.3 Å². The number of methoxy groups -OCH3 is 1. The number of H-pyrrole nitrogens is 1. The molecular formula is C19H16N4O4S. The van der Waals surface area contributed by atoms with E-state index in [-0.39, 0.29) is 17.1 Å². The van der Waals surface area contributed by atoms with Crippen molar-refractivity contribution in [3.05, 3.63) is 74.4 Å². The van der Waals surface area contributed by atoms with Crippen LogP contribution in [-0.4, -0.2) is 35.0 Å². The number of nitrogens with one attached hydrogen (secondary N) is 1. The van der Waals surface area contributed by atoms with Gasteiger partial charge in [-0.2, -0.15) is 14.9 Å². The molecule has 28 heavy (non-hydrogen) atoms. The number of hydrogen-bond donors (Lipinski definition) is 1. The van der Waals surface area contributed by atoms with Gasteiger partial charge < -0.3 is 14.2 Å². The number of aromatic nitrogens is 3. The first-order chi connectivity index (χ1) is 13.6. The minimum Gasteiger partial charge on any atom is -0.497 e. The Balaban J connectivity index is 1.61. The molecule has 0 saturated carbocycles. The van der Waals surface area contributed by atoms with Crippen LogP contribution in [0.25, 0.3) is 0 Å². The molecule has 2 heterocycles. The highest BCUT2D eigenvalue weighted by molar-refractivity contribution is 7.71. The number of hydrogen-bond acceptors (Lipinski definition) is 7. The van der Waals surface area contributed by atoms with Gasteiger partial charge in [-0.05, 0) is 59.7 Å². The van der Waals surface area contributed by atoms with Gasteiger partial charge in [-0.1, -0.05) is 6.07 Å². The Hall–Kier alpha value is -3.46. The topological polar surface area (TPSA) is 90.7 Å². The van der Waals surface area contributed by atoms with Crippen molar-refractivity contribution in [1.82, 2.24) is 14.9 Å². The smallest absolute Gasteiger partial charge is 0.297 e. The van der Waals surface area contributed by atoms with E-state index >= 15 is 0 Å². The van der Waals surface area contributed by atoms with Crippen molar-refractivity contribution >= 4 is 18.4 Å². The molecular weight excluding hydrogens is 380 g/mol. The zero-order valence-electron chi connectivity index (χ0n) is 14.9. The highest BCUT2D eigenvalue weighted by Crippen LogP contribution is 2.32. The van der Waals surface area contributed by atoms with Gasteiger partial charge in [0.15, 0.2) is 11.5 Å². The molecule has 0 fully saturated rings. The molecule has 1 aromatic heterocycles. The van der Waals surface area contributed by atoms with Crippen LogP contribution in [0, 0.1) is 4.77 Å². The lowest BCUT2D eigenvalue weighted by atomic mass is 10.1. The lowest BCUT2D eigenvalue weighted by molar-refractivity contribution is 0.174. The van der Waals surface area contributed by atoms with Gasteiger partial charge in [-0.15, -0.1) is 0 Å². The van der Waals surface area contributed by atoms with Crippen molar-refractivity contribution in [1.29, 1.82) is 0 Å². The van der Waals surface area contributed by atoms with Gasteiger partial charge in [0.2, 0.25) is 11.6 Å². The Labute approximate surface area is 165 Å². The Morgan fingerprint density at radius 1 is 1.25 bits per heavy atom. The predicted molar refractivity (Wildman–Crippen MR) is 105 cm³/mol. The third kappa shape index (κ3) is 3.65. The van der Waals surface area contributed by atoms with Crippen LogP contribution >= 0.6 is 12.2 Å². The van der Waals surface area contributed by atoms with Crippen LogP contribution in [0.2, 0.25) is 0 Å². The summed E-state index contributed by atoms with van der Waals surface area (Å²) in [5.41, 5.74) is 1.58. The molecule has 0 atom stereocenters. The first-order valence-corrected chi connectivity index (χ1v) is 8.82. The van der Waals surface area contributed by atoms with Crippen molar-refractivity contribution in [2.24, 2.45) is 5.10 Å². The van der Waals surface area contributed by atoms with Crippen LogP contribution in [0.5, 0.6) is 17.2 Å². The van der Waals surface area contributed by atoms with Crippen molar-refractivity contribution in [2.75, 3.05) is 13.9 Å². The molecule has 0 aliphatic carbocycles. The molecule has 1 N–H and O–H groups in total. The summed E-state index contributed by atoms with van der Waals surface area (Å²) < 4.78 is 17.0. The summed E-state index contributed by atoms with van der Waals surface area (Å²) in [7, 11) is 1.60. The maximum atomic E-state index is 12.8. The van der Waals surface area contributed by atoms with Crippen LogP contribution in [0.3, 0.4) is 0 Å². The zero-order valence-corrected chi connectivity index (χ0v) is 15.7. The number of rotatable bonds is 5. The van der Waals surface area contributed by atoms with Crippen LogP contribution in [-0.2, 0) is 6.42 Å². The van der Waals surface area contributed by atoms with E-state index in [0.29, 0.717) is 23.6 Å². The monoisotopic (exact) mass is 396 g/mol. The quantitative estimate of drug-likeness (QED) is 0.526. The van der Waals surface area contributed by atoms with E-state index in [9.17, 15) is 4.79 Å². The maximum Gasteiger partial charge on any atom is 0.297 e. The molecule has 8 nitrogen and oxygen atoms in total. The summed E-state index contributed by atoms with van der Waals surface area (Å²) in [6, 6.07) is 12.8. The van der Waals surface area contributed by atoms with E-state index in [1.165, 1.54) is 0 Å². The lowest BCUT2D eigenvalue weighted by Crippen LogP contribution is -2.25. The van der Waals surface area contributed by atoms with Gasteiger partial charge >= 0.3 is 0 Å². The second-order valence-electron chi connectivity index (χ2n) is 5.97. The summed E-state index contributed by atoms with van der Waals surface area (Å²) in [4.78, 5) is 12.8. The summed E-state index contributed by atoms with van der Waals surface area (Å²) in [5.74, 6) is 2.08. The number of benzene rings is 2. The first-order valence-electron chi connectivity index (χ1n) is 8.41. The Morgan fingerprint density at radius 2 is 2.04 bits per heavy atom. The molecule has 9 heteroatoms. The molecule has 0 spiro atoms. The first kappa shape index (κ1) is 17.9. The minimum absolute atomic E-state index is 0.115. The fraction of sp³-hybridized carbons (Fsp3) is 0.158. The van der Waals surface area contributed by atoms with E-state index < -0.39 is 0 Å². The summed E-state index contributed by atoms with van der Waals surface area (Å²) in [5, 5.41) is 11.0. The van der Waals surface area contributed by atoms with Crippen LogP contribution in [0.4, 0.5) is 0 Å². The largest absolute Gasteiger partial charge is 0.497 e. The molecule has 0 amide bonds. The normalized spacial score (nSPS) is 12.5. The Bertz CT molecular complexity index is 1150. The number of ether oxygens (including phenoxy) is 3. The number of aromatic amines is 1. The van der Waals surface area contributed by atoms with Gasteiger partial charge in [-0.3, -0.25) is 9.89 Å². The highest BCUT2D eigenvalue weighted by atomic mass is 32.1. The van der Waals surface area contributed by atoms with E-state index in [4.69, 9.17) is 26.4 Å². The fourth-order valence-corrected chi connectivity index (χ4v) is 2.88. The minimum atomic E-state index is -0.383. The molecule has 0 saturated heterocycles. The highest BCUT2D eigenvalue weighted by Gasteiger charge is 2.15. The van der Waals surface area contributed by atoms with Gasteiger partial charge in [0.05, 0.1) is 13.3 Å². The van der Waals surface area contributed by atoms with Crippen LogP contribution in [0.15, 0.2) is 52.4 Å². The summed E-state index contributed by atoms with van der Waals surface area (Å²) >= 11 is 5.16. The summed E-state index contributed by atoms with van der Waals surface area (Å²) in [6.07, 6.45) is 1.86. The number of fused-ring (bicyclic) bond motifs is 1. The Kier molecular flexibility index (Phi) is 4.90.